The van der Waals surface area contributed by atoms with E-state index in [1.165, 1.54) is 41.5 Å². The number of hydrogen-bond donors (Lipinski definition) is 3. The highest BCUT2D eigenvalue weighted by Gasteiger charge is 2.19. The predicted octanol–water partition coefficient (Wildman–Crippen LogP) is 2.54. The second-order valence-electron chi connectivity index (χ2n) is 5.56. The molecule has 0 radical (unpaired) electrons. The Morgan fingerprint density at radius 2 is 1.96 bits per heavy atom. The van der Waals surface area contributed by atoms with Crippen molar-refractivity contribution in [2.75, 3.05) is 11.5 Å². The molecule has 0 unspecified atom stereocenters. The minimum absolute atomic E-state index is 0.311. The van der Waals surface area contributed by atoms with E-state index in [1.54, 1.807) is 11.3 Å². The van der Waals surface area contributed by atoms with Crippen LogP contribution in [0.4, 0.5) is 11.8 Å². The van der Waals surface area contributed by atoms with Crippen molar-refractivity contribution in [1.29, 1.82) is 0 Å². The fraction of sp³-hybridized carbons (Fsp3) is 0.429. The Bertz CT molecular complexity index is 854. The summed E-state index contributed by atoms with van der Waals surface area (Å²) < 4.78 is 0. The smallest absolute Gasteiger partial charge is 0.216 e. The SMILES string of the molecule is Nc1nc(SCc2nc(N)c3c4c(sc3n2)CCCCC4)n[nH]1. The Labute approximate surface area is 141 Å². The van der Waals surface area contributed by atoms with Gasteiger partial charge in [0, 0.05) is 4.88 Å². The summed E-state index contributed by atoms with van der Waals surface area (Å²) in [5, 5.41) is 8.28. The van der Waals surface area contributed by atoms with E-state index in [0.29, 0.717) is 28.5 Å². The van der Waals surface area contributed by atoms with Gasteiger partial charge in [-0.1, -0.05) is 18.2 Å². The van der Waals surface area contributed by atoms with Crippen molar-refractivity contribution in [3.8, 4) is 0 Å². The van der Waals surface area contributed by atoms with Gasteiger partial charge in [-0.05, 0) is 31.2 Å². The molecule has 0 amide bonds. The standard InChI is InChI=1S/C14H17N7S2/c15-11-10-7-4-2-1-3-5-8(7)23-12(10)18-9(17-11)6-22-14-19-13(16)20-21-14/h1-6H2,(H2,15,17,18)(H3,16,19,20,21). The molecule has 0 aromatic carbocycles. The zero-order chi connectivity index (χ0) is 15.8. The van der Waals surface area contributed by atoms with Gasteiger partial charge >= 0.3 is 0 Å². The first-order valence-corrected chi connectivity index (χ1v) is 9.38. The van der Waals surface area contributed by atoms with E-state index in [4.69, 9.17) is 16.5 Å². The van der Waals surface area contributed by atoms with Crippen molar-refractivity contribution in [1.82, 2.24) is 25.1 Å². The highest BCUT2D eigenvalue weighted by molar-refractivity contribution is 7.98. The van der Waals surface area contributed by atoms with Crippen molar-refractivity contribution >= 4 is 45.1 Å². The lowest BCUT2D eigenvalue weighted by molar-refractivity contribution is 0.713. The first-order valence-electron chi connectivity index (χ1n) is 7.58. The van der Waals surface area contributed by atoms with Gasteiger partial charge in [-0.15, -0.1) is 16.4 Å². The minimum atomic E-state index is 0.311. The number of rotatable bonds is 3. The third-order valence-corrected chi connectivity index (χ3v) is 5.98. The van der Waals surface area contributed by atoms with Gasteiger partial charge in [0.05, 0.1) is 11.1 Å². The highest BCUT2D eigenvalue weighted by Crippen LogP contribution is 2.37. The second-order valence-corrected chi connectivity index (χ2v) is 7.59. The summed E-state index contributed by atoms with van der Waals surface area (Å²) in [4.78, 5) is 15.7. The van der Waals surface area contributed by atoms with E-state index in [1.807, 2.05) is 0 Å². The number of thioether (sulfide) groups is 1. The molecule has 0 bridgehead atoms. The van der Waals surface area contributed by atoms with Gasteiger partial charge in [0.2, 0.25) is 11.1 Å². The topological polar surface area (TPSA) is 119 Å². The number of nitrogens with zero attached hydrogens (tertiary/aromatic N) is 4. The van der Waals surface area contributed by atoms with Crippen molar-refractivity contribution in [3.05, 3.63) is 16.3 Å². The average Bonchev–Trinajstić information content (AvgIpc) is 3.02. The fourth-order valence-electron chi connectivity index (χ4n) is 2.92. The van der Waals surface area contributed by atoms with Crippen LogP contribution in [0.5, 0.6) is 0 Å². The molecule has 5 N–H and O–H groups in total. The summed E-state index contributed by atoms with van der Waals surface area (Å²) in [5.74, 6) is 2.18. The summed E-state index contributed by atoms with van der Waals surface area (Å²) in [6.07, 6.45) is 5.99. The van der Waals surface area contributed by atoms with Gasteiger partial charge in [0.25, 0.3) is 0 Å². The maximum atomic E-state index is 6.24. The number of H-pyrrole nitrogens is 1. The highest BCUT2D eigenvalue weighted by atomic mass is 32.2. The number of nitrogens with two attached hydrogens (primary N) is 2. The molecule has 3 heterocycles. The molecule has 0 saturated heterocycles. The number of fused-ring (bicyclic) bond motifs is 3. The van der Waals surface area contributed by atoms with Gasteiger partial charge in [-0.25, -0.2) is 15.1 Å². The quantitative estimate of drug-likeness (QED) is 0.492. The van der Waals surface area contributed by atoms with Crippen LogP contribution >= 0.6 is 23.1 Å². The van der Waals surface area contributed by atoms with Crippen LogP contribution in [0.1, 0.15) is 35.5 Å². The normalized spacial score (nSPS) is 14.8. The Kier molecular flexibility index (Phi) is 3.82. The summed E-state index contributed by atoms with van der Waals surface area (Å²) in [7, 11) is 0. The van der Waals surface area contributed by atoms with Crippen LogP contribution in [-0.4, -0.2) is 25.1 Å². The summed E-state index contributed by atoms with van der Waals surface area (Å²) in [5.41, 5.74) is 13.1. The number of nitrogen functional groups attached to an aromatic ring is 2. The molecule has 0 fully saturated rings. The summed E-state index contributed by atoms with van der Waals surface area (Å²) in [6.45, 7) is 0. The van der Waals surface area contributed by atoms with Crippen LogP contribution in [-0.2, 0) is 18.6 Å². The molecule has 7 nitrogen and oxygen atoms in total. The Morgan fingerprint density at radius 1 is 1.09 bits per heavy atom. The maximum absolute atomic E-state index is 6.24. The summed E-state index contributed by atoms with van der Waals surface area (Å²) in [6, 6.07) is 0. The van der Waals surface area contributed by atoms with E-state index < -0.39 is 0 Å². The molecule has 0 spiro atoms. The molecule has 1 aliphatic carbocycles. The molecule has 9 heteroatoms. The zero-order valence-electron chi connectivity index (χ0n) is 12.5. The third-order valence-electron chi connectivity index (χ3n) is 3.95. The third kappa shape index (κ3) is 2.86. The molecule has 0 saturated carbocycles. The largest absolute Gasteiger partial charge is 0.383 e. The maximum Gasteiger partial charge on any atom is 0.216 e. The lowest BCUT2D eigenvalue weighted by atomic mass is 10.1. The van der Waals surface area contributed by atoms with Gasteiger partial charge in [-0.3, -0.25) is 0 Å². The molecular formula is C14H17N7S2. The Morgan fingerprint density at radius 3 is 2.78 bits per heavy atom. The lowest BCUT2D eigenvalue weighted by Crippen LogP contribution is -2.00. The monoisotopic (exact) mass is 347 g/mol. The molecule has 1 aliphatic rings. The number of nitrogens with one attached hydrogen (secondary N) is 1. The number of thiophene rings is 1. The Hall–Kier alpha value is -1.87. The van der Waals surface area contributed by atoms with Crippen molar-refractivity contribution in [2.45, 2.75) is 43.0 Å². The second kappa shape index (κ2) is 5.97. The molecule has 120 valence electrons. The van der Waals surface area contributed by atoms with E-state index >= 15 is 0 Å². The number of anilines is 2. The van der Waals surface area contributed by atoms with E-state index in [9.17, 15) is 0 Å². The van der Waals surface area contributed by atoms with Gasteiger partial charge in [-0.2, -0.15) is 4.98 Å². The van der Waals surface area contributed by atoms with Gasteiger partial charge in [0.15, 0.2) is 0 Å². The molecule has 4 rings (SSSR count). The zero-order valence-corrected chi connectivity index (χ0v) is 14.1. The van der Waals surface area contributed by atoms with E-state index in [-0.39, 0.29) is 0 Å². The lowest BCUT2D eigenvalue weighted by Gasteiger charge is -2.03. The van der Waals surface area contributed by atoms with Crippen LogP contribution in [0.3, 0.4) is 0 Å². The van der Waals surface area contributed by atoms with E-state index in [0.717, 1.165) is 23.1 Å². The molecule has 0 atom stereocenters. The summed E-state index contributed by atoms with van der Waals surface area (Å²) >= 11 is 3.21. The minimum Gasteiger partial charge on any atom is -0.383 e. The molecule has 3 aromatic heterocycles. The van der Waals surface area contributed by atoms with Crippen LogP contribution in [0.2, 0.25) is 0 Å². The number of hydrogen-bond acceptors (Lipinski definition) is 8. The average molecular weight is 347 g/mol. The van der Waals surface area contributed by atoms with Crippen LogP contribution < -0.4 is 11.5 Å². The van der Waals surface area contributed by atoms with Crippen LogP contribution in [0.15, 0.2) is 5.16 Å². The van der Waals surface area contributed by atoms with Gasteiger partial charge in [0.1, 0.15) is 16.5 Å². The molecule has 23 heavy (non-hydrogen) atoms. The van der Waals surface area contributed by atoms with Crippen molar-refractivity contribution in [2.24, 2.45) is 0 Å². The van der Waals surface area contributed by atoms with Gasteiger partial charge < -0.3 is 11.5 Å². The van der Waals surface area contributed by atoms with E-state index in [2.05, 4.69) is 20.2 Å². The first-order chi connectivity index (χ1) is 11.2. The molecule has 3 aromatic rings. The predicted molar refractivity (Wildman–Crippen MR) is 93.4 cm³/mol. The van der Waals surface area contributed by atoms with Crippen molar-refractivity contribution < 1.29 is 0 Å². The molecule has 0 aliphatic heterocycles. The van der Waals surface area contributed by atoms with Crippen LogP contribution in [0, 0.1) is 0 Å². The number of aryl methyl sites for hydroxylation is 2. The van der Waals surface area contributed by atoms with Crippen molar-refractivity contribution in [3.63, 3.8) is 0 Å². The van der Waals surface area contributed by atoms with Crippen LogP contribution in [0.25, 0.3) is 10.2 Å². The molecular weight excluding hydrogens is 330 g/mol. The number of aromatic amines is 1. The fourth-order valence-corrected chi connectivity index (χ4v) is 4.87. The number of aromatic nitrogens is 5. The Balaban J connectivity index is 1.64. The first kappa shape index (κ1) is 14.7.